The maximum Gasteiger partial charge on any atom is 0.275 e. The van der Waals surface area contributed by atoms with E-state index in [9.17, 15) is 9.90 Å². The zero-order valence-electron chi connectivity index (χ0n) is 11.4. The Morgan fingerprint density at radius 3 is 2.48 bits per heavy atom. The van der Waals surface area contributed by atoms with Crippen LogP contribution in [0.4, 0.5) is 0 Å². The van der Waals surface area contributed by atoms with Gasteiger partial charge in [0, 0.05) is 0 Å². The van der Waals surface area contributed by atoms with Crippen LogP contribution in [0.5, 0.6) is 5.75 Å². The SMILES string of the molecule is C/C(=N\NC(=O)c1ccccc1O)c1ccc(C#N)cc1. The molecule has 2 aromatic rings. The quantitative estimate of drug-likeness (QED) is 0.668. The van der Waals surface area contributed by atoms with E-state index in [1.54, 1.807) is 43.3 Å². The molecule has 21 heavy (non-hydrogen) atoms. The van der Waals surface area contributed by atoms with Crippen molar-refractivity contribution in [2.45, 2.75) is 6.92 Å². The first-order valence-corrected chi connectivity index (χ1v) is 6.25. The van der Waals surface area contributed by atoms with Gasteiger partial charge in [0.05, 0.1) is 22.9 Å². The van der Waals surface area contributed by atoms with E-state index >= 15 is 0 Å². The largest absolute Gasteiger partial charge is 0.507 e. The first kappa shape index (κ1) is 14.3. The molecule has 0 heterocycles. The van der Waals surface area contributed by atoms with Crippen molar-refractivity contribution >= 4 is 11.6 Å². The number of benzene rings is 2. The molecule has 0 aliphatic heterocycles. The van der Waals surface area contributed by atoms with Crippen molar-refractivity contribution in [3.05, 3.63) is 65.2 Å². The third-order valence-electron chi connectivity index (χ3n) is 2.91. The summed E-state index contributed by atoms with van der Waals surface area (Å²) in [6, 6.07) is 15.1. The minimum atomic E-state index is -0.485. The normalized spacial score (nSPS) is 10.8. The Hall–Kier alpha value is -3.13. The highest BCUT2D eigenvalue weighted by Gasteiger charge is 2.09. The number of carbonyl (C=O) groups is 1. The van der Waals surface area contributed by atoms with Gasteiger partial charge in [0.25, 0.3) is 5.91 Å². The van der Waals surface area contributed by atoms with Crippen molar-refractivity contribution in [3.63, 3.8) is 0 Å². The lowest BCUT2D eigenvalue weighted by Crippen LogP contribution is -2.19. The average Bonchev–Trinajstić information content (AvgIpc) is 2.52. The summed E-state index contributed by atoms with van der Waals surface area (Å²) < 4.78 is 0. The molecule has 1 amide bonds. The van der Waals surface area contributed by atoms with Crippen LogP contribution < -0.4 is 5.43 Å². The number of phenolic OH excluding ortho intramolecular Hbond substituents is 1. The summed E-state index contributed by atoms with van der Waals surface area (Å²) in [4.78, 5) is 11.9. The molecule has 0 fully saturated rings. The van der Waals surface area contributed by atoms with Crippen LogP contribution in [0.3, 0.4) is 0 Å². The van der Waals surface area contributed by atoms with Gasteiger partial charge in [0.2, 0.25) is 0 Å². The standard InChI is InChI=1S/C16H13N3O2/c1-11(13-8-6-12(10-17)7-9-13)18-19-16(21)14-4-2-3-5-15(14)20/h2-9,20H,1H3,(H,19,21)/b18-11+. The van der Waals surface area contributed by atoms with Gasteiger partial charge in [-0.3, -0.25) is 4.79 Å². The van der Waals surface area contributed by atoms with Crippen molar-refractivity contribution < 1.29 is 9.90 Å². The minimum absolute atomic E-state index is 0.0961. The highest BCUT2D eigenvalue weighted by Crippen LogP contribution is 2.15. The Kier molecular flexibility index (Phi) is 4.32. The summed E-state index contributed by atoms with van der Waals surface area (Å²) in [5.41, 5.74) is 4.51. The van der Waals surface area contributed by atoms with E-state index in [-0.39, 0.29) is 11.3 Å². The number of nitrogens with one attached hydrogen (secondary N) is 1. The lowest BCUT2D eigenvalue weighted by atomic mass is 10.1. The minimum Gasteiger partial charge on any atom is -0.507 e. The van der Waals surface area contributed by atoms with E-state index in [4.69, 9.17) is 5.26 Å². The summed E-state index contributed by atoms with van der Waals surface area (Å²) in [5, 5.41) is 22.3. The van der Waals surface area contributed by atoms with Gasteiger partial charge < -0.3 is 5.11 Å². The molecule has 0 unspecified atom stereocenters. The predicted molar refractivity (Wildman–Crippen MR) is 78.9 cm³/mol. The Morgan fingerprint density at radius 1 is 1.19 bits per heavy atom. The van der Waals surface area contributed by atoms with E-state index in [0.29, 0.717) is 11.3 Å². The number of hydrazone groups is 1. The van der Waals surface area contributed by atoms with E-state index < -0.39 is 5.91 Å². The number of phenols is 1. The van der Waals surface area contributed by atoms with E-state index in [1.165, 1.54) is 12.1 Å². The van der Waals surface area contributed by atoms with E-state index in [0.717, 1.165) is 5.56 Å². The second-order valence-corrected chi connectivity index (χ2v) is 4.34. The molecule has 2 aromatic carbocycles. The molecule has 5 heteroatoms. The van der Waals surface area contributed by atoms with Crippen LogP contribution in [0, 0.1) is 11.3 Å². The van der Waals surface area contributed by atoms with E-state index in [2.05, 4.69) is 10.5 Å². The van der Waals surface area contributed by atoms with Crippen molar-refractivity contribution in [1.82, 2.24) is 5.43 Å². The first-order chi connectivity index (χ1) is 10.1. The summed E-state index contributed by atoms with van der Waals surface area (Å²) in [6.07, 6.45) is 0. The third kappa shape index (κ3) is 3.45. The molecule has 0 atom stereocenters. The number of nitrogens with zero attached hydrogens (tertiary/aromatic N) is 2. The van der Waals surface area contributed by atoms with Gasteiger partial charge >= 0.3 is 0 Å². The van der Waals surface area contributed by atoms with Gasteiger partial charge in [0.15, 0.2) is 0 Å². The number of amides is 1. The fraction of sp³-hybridized carbons (Fsp3) is 0.0625. The van der Waals surface area contributed by atoms with Gasteiger partial charge in [0.1, 0.15) is 5.75 Å². The summed E-state index contributed by atoms with van der Waals surface area (Å²) in [7, 11) is 0. The highest BCUT2D eigenvalue weighted by molar-refractivity contribution is 6.01. The number of para-hydroxylation sites is 1. The van der Waals surface area contributed by atoms with E-state index in [1.807, 2.05) is 6.07 Å². The van der Waals surface area contributed by atoms with Crippen LogP contribution in [0.25, 0.3) is 0 Å². The lowest BCUT2D eigenvalue weighted by molar-refractivity contribution is 0.0952. The van der Waals surface area contributed by atoms with Crippen LogP contribution >= 0.6 is 0 Å². The molecule has 0 bridgehead atoms. The van der Waals surface area contributed by atoms with Gasteiger partial charge in [-0.25, -0.2) is 5.43 Å². The maximum atomic E-state index is 11.9. The van der Waals surface area contributed by atoms with Crippen molar-refractivity contribution in [1.29, 1.82) is 5.26 Å². The Bertz CT molecular complexity index is 728. The Balaban J connectivity index is 2.11. The topological polar surface area (TPSA) is 85.5 Å². The summed E-state index contributed by atoms with van der Waals surface area (Å²) in [6.45, 7) is 1.74. The van der Waals surface area contributed by atoms with Gasteiger partial charge in [-0.05, 0) is 36.8 Å². The van der Waals surface area contributed by atoms with Crippen molar-refractivity contribution in [2.75, 3.05) is 0 Å². The van der Waals surface area contributed by atoms with Crippen LogP contribution in [-0.2, 0) is 0 Å². The monoisotopic (exact) mass is 279 g/mol. The summed E-state index contributed by atoms with van der Waals surface area (Å²) in [5.74, 6) is -0.581. The number of hydrogen-bond acceptors (Lipinski definition) is 4. The number of hydrogen-bond donors (Lipinski definition) is 2. The molecule has 0 radical (unpaired) electrons. The highest BCUT2D eigenvalue weighted by atomic mass is 16.3. The number of rotatable bonds is 3. The van der Waals surface area contributed by atoms with Crippen LogP contribution in [0.15, 0.2) is 53.6 Å². The molecule has 0 spiro atoms. The molecule has 0 saturated heterocycles. The second-order valence-electron chi connectivity index (χ2n) is 4.34. The van der Waals surface area contributed by atoms with Gasteiger partial charge in [-0.2, -0.15) is 10.4 Å². The third-order valence-corrected chi connectivity index (χ3v) is 2.91. The Labute approximate surface area is 122 Å². The zero-order chi connectivity index (χ0) is 15.2. The molecule has 104 valence electrons. The molecular weight excluding hydrogens is 266 g/mol. The maximum absolute atomic E-state index is 11.9. The van der Waals surface area contributed by atoms with Crippen LogP contribution in [0.1, 0.15) is 28.4 Å². The summed E-state index contributed by atoms with van der Waals surface area (Å²) >= 11 is 0. The van der Waals surface area contributed by atoms with Crippen molar-refractivity contribution in [3.8, 4) is 11.8 Å². The average molecular weight is 279 g/mol. The number of carbonyl (C=O) groups excluding carboxylic acids is 1. The van der Waals surface area contributed by atoms with Gasteiger partial charge in [-0.15, -0.1) is 0 Å². The van der Waals surface area contributed by atoms with Crippen LogP contribution in [0.2, 0.25) is 0 Å². The molecule has 0 saturated carbocycles. The molecule has 0 aliphatic rings. The molecular formula is C16H13N3O2. The second kappa shape index (κ2) is 6.35. The fourth-order valence-corrected chi connectivity index (χ4v) is 1.71. The van der Waals surface area contributed by atoms with Crippen molar-refractivity contribution in [2.24, 2.45) is 5.10 Å². The number of nitriles is 1. The Morgan fingerprint density at radius 2 is 1.86 bits per heavy atom. The smallest absolute Gasteiger partial charge is 0.275 e. The molecule has 0 aromatic heterocycles. The fourth-order valence-electron chi connectivity index (χ4n) is 1.71. The molecule has 0 aliphatic carbocycles. The first-order valence-electron chi connectivity index (χ1n) is 6.25. The zero-order valence-corrected chi connectivity index (χ0v) is 11.4. The van der Waals surface area contributed by atoms with Crippen LogP contribution in [-0.4, -0.2) is 16.7 Å². The molecule has 2 N–H and O–H groups in total. The predicted octanol–water partition coefficient (Wildman–Crippen LogP) is 2.42. The van der Waals surface area contributed by atoms with Gasteiger partial charge in [-0.1, -0.05) is 24.3 Å². The molecule has 2 rings (SSSR count). The lowest BCUT2D eigenvalue weighted by Gasteiger charge is -2.04. The molecule has 5 nitrogen and oxygen atoms in total. The number of aromatic hydroxyl groups is 1.